The van der Waals surface area contributed by atoms with Crippen LogP contribution in [0, 0.1) is 6.92 Å². The van der Waals surface area contributed by atoms with E-state index in [1.165, 1.54) is 16.9 Å². The lowest BCUT2D eigenvalue weighted by Gasteiger charge is -2.03. The molecule has 0 aliphatic heterocycles. The van der Waals surface area contributed by atoms with Crippen LogP contribution in [0.15, 0.2) is 84.9 Å². The Balaban J connectivity index is 1.74. The number of carbonyl (C=O) groups excluding carboxylic acids is 1. The maximum Gasteiger partial charge on any atom is 0.257 e. The first-order valence-electron chi connectivity index (χ1n) is 8.70. The second-order valence-corrected chi connectivity index (χ2v) is 7.25. The molecule has 3 aromatic carbocycles. The van der Waals surface area contributed by atoms with Crippen molar-refractivity contribution < 1.29 is 4.79 Å². The normalized spacial score (nSPS) is 10.6. The van der Waals surface area contributed by atoms with Gasteiger partial charge in [0.05, 0.1) is 10.6 Å². The molecule has 0 saturated carbocycles. The van der Waals surface area contributed by atoms with Crippen LogP contribution in [-0.4, -0.2) is 10.9 Å². The molecule has 1 N–H and O–H groups in total. The van der Waals surface area contributed by atoms with Gasteiger partial charge < -0.3 is 0 Å². The Morgan fingerprint density at radius 2 is 1.44 bits per heavy atom. The first-order valence-corrected chi connectivity index (χ1v) is 9.52. The van der Waals surface area contributed by atoms with Gasteiger partial charge in [-0.3, -0.25) is 10.1 Å². The Kier molecular flexibility index (Phi) is 4.81. The minimum absolute atomic E-state index is 0.153. The largest absolute Gasteiger partial charge is 0.298 e. The maximum atomic E-state index is 12.5. The number of rotatable bonds is 4. The number of hydrogen-bond donors (Lipinski definition) is 1. The number of thiazole rings is 1. The zero-order chi connectivity index (χ0) is 18.6. The smallest absolute Gasteiger partial charge is 0.257 e. The minimum atomic E-state index is -0.153. The predicted octanol–water partition coefficient (Wildman–Crippen LogP) is 6.04. The molecule has 27 heavy (non-hydrogen) atoms. The lowest BCUT2D eigenvalue weighted by molar-refractivity contribution is 0.102. The quantitative estimate of drug-likeness (QED) is 0.476. The van der Waals surface area contributed by atoms with Gasteiger partial charge in [-0.05, 0) is 24.6 Å². The molecule has 0 atom stereocenters. The van der Waals surface area contributed by atoms with E-state index >= 15 is 0 Å². The Morgan fingerprint density at radius 1 is 0.815 bits per heavy atom. The van der Waals surface area contributed by atoms with E-state index in [9.17, 15) is 4.79 Å². The van der Waals surface area contributed by atoms with Crippen LogP contribution in [0.4, 0.5) is 5.13 Å². The van der Waals surface area contributed by atoms with Gasteiger partial charge in [0.15, 0.2) is 5.13 Å². The summed E-state index contributed by atoms with van der Waals surface area (Å²) in [5.74, 6) is -0.153. The summed E-state index contributed by atoms with van der Waals surface area (Å²) in [6.07, 6.45) is 0. The van der Waals surface area contributed by atoms with Crippen LogP contribution in [0.3, 0.4) is 0 Å². The number of aromatic nitrogens is 1. The molecular weight excluding hydrogens is 352 g/mol. The summed E-state index contributed by atoms with van der Waals surface area (Å²) in [4.78, 5) is 18.3. The average Bonchev–Trinajstić information content (AvgIpc) is 3.13. The Hall–Kier alpha value is -3.24. The topological polar surface area (TPSA) is 42.0 Å². The van der Waals surface area contributed by atoms with Gasteiger partial charge in [-0.2, -0.15) is 0 Å². The predicted molar refractivity (Wildman–Crippen MR) is 112 cm³/mol. The number of carbonyl (C=O) groups is 1. The second kappa shape index (κ2) is 7.56. The molecule has 4 rings (SSSR count). The fourth-order valence-corrected chi connectivity index (χ4v) is 3.81. The van der Waals surface area contributed by atoms with Gasteiger partial charge >= 0.3 is 0 Å². The molecular formula is C23H18N2OS. The van der Waals surface area contributed by atoms with Crippen molar-refractivity contribution >= 4 is 22.4 Å². The van der Waals surface area contributed by atoms with E-state index in [0.29, 0.717) is 10.7 Å². The van der Waals surface area contributed by atoms with Gasteiger partial charge in [0.2, 0.25) is 0 Å². The van der Waals surface area contributed by atoms with Gasteiger partial charge in [0.25, 0.3) is 5.91 Å². The molecule has 4 heteroatoms. The molecule has 0 fully saturated rings. The van der Waals surface area contributed by atoms with Crippen molar-refractivity contribution in [3.05, 3.63) is 96.1 Å². The summed E-state index contributed by atoms with van der Waals surface area (Å²) in [5.41, 5.74) is 4.84. The molecule has 0 aliphatic rings. The van der Waals surface area contributed by atoms with Crippen LogP contribution in [-0.2, 0) is 0 Å². The molecule has 0 spiro atoms. The van der Waals surface area contributed by atoms with Gasteiger partial charge in [-0.25, -0.2) is 4.98 Å². The van der Waals surface area contributed by atoms with Crippen LogP contribution in [0.25, 0.3) is 21.7 Å². The summed E-state index contributed by atoms with van der Waals surface area (Å²) < 4.78 is 0. The van der Waals surface area contributed by atoms with E-state index in [2.05, 4.69) is 36.5 Å². The highest BCUT2D eigenvalue weighted by atomic mass is 32.1. The molecule has 0 unspecified atom stereocenters. The summed E-state index contributed by atoms with van der Waals surface area (Å²) in [6.45, 7) is 2.07. The van der Waals surface area contributed by atoms with Gasteiger partial charge in [0.1, 0.15) is 0 Å². The Bertz CT molecular complexity index is 1050. The van der Waals surface area contributed by atoms with Crippen molar-refractivity contribution in [2.45, 2.75) is 6.92 Å². The third-order valence-electron chi connectivity index (χ3n) is 4.24. The first-order chi connectivity index (χ1) is 13.2. The van der Waals surface area contributed by atoms with E-state index in [1.807, 2.05) is 48.5 Å². The monoisotopic (exact) mass is 370 g/mol. The minimum Gasteiger partial charge on any atom is -0.298 e. The molecule has 1 aromatic heterocycles. The third kappa shape index (κ3) is 3.81. The summed E-state index contributed by atoms with van der Waals surface area (Å²) in [7, 11) is 0. The molecule has 0 aliphatic carbocycles. The van der Waals surface area contributed by atoms with Crippen LogP contribution in [0.5, 0.6) is 0 Å². The van der Waals surface area contributed by atoms with Crippen molar-refractivity contribution in [3.8, 4) is 21.7 Å². The third-order valence-corrected chi connectivity index (χ3v) is 5.26. The summed E-state index contributed by atoms with van der Waals surface area (Å²) >= 11 is 1.49. The Labute approximate surface area is 162 Å². The second-order valence-electron chi connectivity index (χ2n) is 6.25. The van der Waals surface area contributed by atoms with E-state index in [1.54, 1.807) is 12.1 Å². The van der Waals surface area contributed by atoms with Gasteiger partial charge in [-0.15, -0.1) is 0 Å². The van der Waals surface area contributed by atoms with Gasteiger partial charge in [0, 0.05) is 11.1 Å². The molecule has 0 bridgehead atoms. The molecule has 0 saturated heterocycles. The van der Waals surface area contributed by atoms with Crippen molar-refractivity contribution in [2.75, 3.05) is 5.32 Å². The molecule has 1 amide bonds. The molecule has 1 heterocycles. The van der Waals surface area contributed by atoms with E-state index in [-0.39, 0.29) is 5.91 Å². The van der Waals surface area contributed by atoms with E-state index in [4.69, 9.17) is 4.98 Å². The van der Waals surface area contributed by atoms with Crippen molar-refractivity contribution in [1.82, 2.24) is 4.98 Å². The van der Waals surface area contributed by atoms with E-state index < -0.39 is 0 Å². The number of hydrogen-bond acceptors (Lipinski definition) is 3. The van der Waals surface area contributed by atoms with Crippen molar-refractivity contribution in [1.29, 1.82) is 0 Å². The lowest BCUT2D eigenvalue weighted by Crippen LogP contribution is -2.11. The van der Waals surface area contributed by atoms with Crippen molar-refractivity contribution in [2.24, 2.45) is 0 Å². The maximum absolute atomic E-state index is 12.5. The molecule has 4 aromatic rings. The fraction of sp³-hybridized carbons (Fsp3) is 0.0435. The molecule has 132 valence electrons. The number of benzene rings is 3. The average molecular weight is 370 g/mol. The SMILES string of the molecule is Cc1ccc(-c2sc(NC(=O)c3ccccc3)nc2-c2ccccc2)cc1. The fourth-order valence-electron chi connectivity index (χ4n) is 2.82. The summed E-state index contributed by atoms with van der Waals surface area (Å²) in [6, 6.07) is 27.6. The first kappa shape index (κ1) is 17.2. The van der Waals surface area contributed by atoms with E-state index in [0.717, 1.165) is 21.7 Å². The number of nitrogens with one attached hydrogen (secondary N) is 1. The number of nitrogens with zero attached hydrogens (tertiary/aromatic N) is 1. The highest BCUT2D eigenvalue weighted by molar-refractivity contribution is 7.19. The zero-order valence-electron chi connectivity index (χ0n) is 14.8. The number of aryl methyl sites for hydroxylation is 1. The number of anilines is 1. The van der Waals surface area contributed by atoms with Crippen LogP contribution >= 0.6 is 11.3 Å². The van der Waals surface area contributed by atoms with Crippen LogP contribution in [0.2, 0.25) is 0 Å². The lowest BCUT2D eigenvalue weighted by atomic mass is 10.1. The highest BCUT2D eigenvalue weighted by Gasteiger charge is 2.16. The highest BCUT2D eigenvalue weighted by Crippen LogP contribution is 2.39. The van der Waals surface area contributed by atoms with Gasteiger partial charge in [-0.1, -0.05) is 89.7 Å². The summed E-state index contributed by atoms with van der Waals surface area (Å²) in [5, 5.41) is 3.53. The Morgan fingerprint density at radius 3 is 2.11 bits per heavy atom. The standard InChI is InChI=1S/C23H18N2OS/c1-16-12-14-18(15-13-16)21-20(17-8-4-2-5-9-17)24-23(27-21)25-22(26)19-10-6-3-7-11-19/h2-15H,1H3,(H,24,25,26). The van der Waals surface area contributed by atoms with Crippen molar-refractivity contribution in [3.63, 3.8) is 0 Å². The van der Waals surface area contributed by atoms with Crippen LogP contribution in [0.1, 0.15) is 15.9 Å². The zero-order valence-corrected chi connectivity index (χ0v) is 15.7. The molecule has 0 radical (unpaired) electrons. The molecule has 3 nitrogen and oxygen atoms in total. The number of amides is 1. The van der Waals surface area contributed by atoms with Crippen LogP contribution < -0.4 is 5.32 Å².